The molecule has 0 saturated heterocycles. The maximum absolute atomic E-state index is 13.0. The van der Waals surface area contributed by atoms with Crippen molar-refractivity contribution >= 4 is 21.6 Å². The quantitative estimate of drug-likeness (QED) is 0.893. The lowest BCUT2D eigenvalue weighted by Gasteiger charge is -2.23. The Bertz CT molecular complexity index is 629. The van der Waals surface area contributed by atoms with Crippen LogP contribution < -0.4 is 0 Å². The lowest BCUT2D eigenvalue weighted by molar-refractivity contribution is -0.139. The van der Waals surface area contributed by atoms with Gasteiger partial charge in [0.2, 0.25) is 10.0 Å². The summed E-state index contributed by atoms with van der Waals surface area (Å²) in [4.78, 5) is -0.834. The molecule has 0 aromatic heterocycles. The van der Waals surface area contributed by atoms with Crippen molar-refractivity contribution in [3.05, 3.63) is 28.8 Å². The highest BCUT2D eigenvalue weighted by molar-refractivity contribution is 7.89. The predicted molar refractivity (Wildman–Crippen MR) is 70.5 cm³/mol. The second-order valence-electron chi connectivity index (χ2n) is 4.71. The summed E-state index contributed by atoms with van der Waals surface area (Å²) in [5.41, 5.74) is -1.29. The van der Waals surface area contributed by atoms with Crippen molar-refractivity contribution in [3.8, 4) is 0 Å². The first-order chi connectivity index (χ1) is 9.67. The van der Waals surface area contributed by atoms with Crippen LogP contribution >= 0.6 is 11.6 Å². The van der Waals surface area contributed by atoms with Gasteiger partial charge in [-0.1, -0.05) is 11.6 Å². The summed E-state index contributed by atoms with van der Waals surface area (Å²) in [7, 11) is -4.34. The van der Waals surface area contributed by atoms with E-state index < -0.39 is 33.3 Å². The minimum atomic E-state index is -4.83. The summed E-state index contributed by atoms with van der Waals surface area (Å²) in [5, 5.41) is 8.75. The molecular weight excluding hydrogens is 331 g/mol. The molecule has 0 bridgehead atoms. The Hall–Kier alpha value is -0.830. The van der Waals surface area contributed by atoms with Crippen LogP contribution in [0.25, 0.3) is 0 Å². The van der Waals surface area contributed by atoms with E-state index in [1.807, 2.05) is 0 Å². The van der Waals surface area contributed by atoms with Crippen LogP contribution in [0.5, 0.6) is 0 Å². The van der Waals surface area contributed by atoms with Gasteiger partial charge in [0.1, 0.15) is 0 Å². The number of halogens is 4. The molecular formula is C12H13ClF3NO3S. The van der Waals surface area contributed by atoms with Gasteiger partial charge in [0.25, 0.3) is 0 Å². The van der Waals surface area contributed by atoms with Gasteiger partial charge < -0.3 is 5.11 Å². The second-order valence-corrected chi connectivity index (χ2v) is 7.00. The molecule has 0 radical (unpaired) electrons. The van der Waals surface area contributed by atoms with Crippen molar-refractivity contribution in [1.82, 2.24) is 4.31 Å². The molecule has 1 aromatic carbocycles. The van der Waals surface area contributed by atoms with Gasteiger partial charge in [-0.3, -0.25) is 0 Å². The summed E-state index contributed by atoms with van der Waals surface area (Å²) >= 11 is 5.54. The van der Waals surface area contributed by atoms with E-state index in [1.54, 1.807) is 0 Å². The minimum Gasteiger partial charge on any atom is -0.395 e. The summed E-state index contributed by atoms with van der Waals surface area (Å²) < 4.78 is 64.9. The Kier molecular flexibility index (Phi) is 4.53. The lowest BCUT2D eigenvalue weighted by Crippen LogP contribution is -2.36. The smallest absolute Gasteiger partial charge is 0.395 e. The zero-order valence-corrected chi connectivity index (χ0v) is 12.3. The van der Waals surface area contributed by atoms with Gasteiger partial charge in [-0.25, -0.2) is 8.42 Å². The molecule has 0 aliphatic heterocycles. The van der Waals surface area contributed by atoms with Gasteiger partial charge in [0.05, 0.1) is 17.1 Å². The molecule has 0 spiro atoms. The largest absolute Gasteiger partial charge is 0.417 e. The molecule has 1 aromatic rings. The van der Waals surface area contributed by atoms with E-state index >= 15 is 0 Å². The first kappa shape index (κ1) is 16.5. The molecule has 0 unspecified atom stereocenters. The summed E-state index contributed by atoms with van der Waals surface area (Å²) in [5.74, 6) is 0. The first-order valence-electron chi connectivity index (χ1n) is 6.17. The molecule has 1 saturated carbocycles. The van der Waals surface area contributed by atoms with Crippen LogP contribution in [0.1, 0.15) is 18.4 Å². The fourth-order valence-electron chi connectivity index (χ4n) is 2.04. The van der Waals surface area contributed by atoms with Crippen molar-refractivity contribution in [1.29, 1.82) is 0 Å². The third kappa shape index (κ3) is 3.50. The maximum atomic E-state index is 13.0. The number of alkyl halides is 3. The molecule has 0 heterocycles. The van der Waals surface area contributed by atoms with Gasteiger partial charge in [0, 0.05) is 17.6 Å². The number of rotatable bonds is 5. The normalized spacial score (nSPS) is 16.5. The Morgan fingerprint density at radius 2 is 1.95 bits per heavy atom. The van der Waals surface area contributed by atoms with E-state index in [1.165, 1.54) is 0 Å². The topological polar surface area (TPSA) is 57.6 Å². The number of hydrogen-bond donors (Lipinski definition) is 1. The molecule has 1 aliphatic carbocycles. The summed E-state index contributed by atoms with van der Waals surface area (Å²) in [6, 6.07) is 2.21. The Labute approximate surface area is 125 Å². The van der Waals surface area contributed by atoms with Crippen LogP contribution in [0.4, 0.5) is 13.2 Å². The lowest BCUT2D eigenvalue weighted by atomic mass is 10.2. The number of nitrogens with zero attached hydrogens (tertiary/aromatic N) is 1. The van der Waals surface area contributed by atoms with Gasteiger partial charge in [-0.05, 0) is 31.0 Å². The standard InChI is InChI=1S/C12H13ClF3NO3S/c13-8-1-4-11(10(7-8)12(14,15)16)21(19,20)17(5-6-18)9-2-3-9/h1,4,7,9,18H,2-3,5-6H2. The highest BCUT2D eigenvalue weighted by Gasteiger charge is 2.43. The molecule has 1 N–H and O–H groups in total. The summed E-state index contributed by atoms with van der Waals surface area (Å²) in [6.45, 7) is -0.683. The number of aliphatic hydroxyl groups excluding tert-OH is 1. The average Bonchev–Trinajstić information content (AvgIpc) is 3.18. The highest BCUT2D eigenvalue weighted by atomic mass is 35.5. The van der Waals surface area contributed by atoms with Crippen molar-refractivity contribution < 1.29 is 26.7 Å². The third-order valence-electron chi connectivity index (χ3n) is 3.11. The number of aliphatic hydroxyl groups is 1. The van der Waals surface area contributed by atoms with Gasteiger partial charge >= 0.3 is 6.18 Å². The number of benzene rings is 1. The third-order valence-corrected chi connectivity index (χ3v) is 5.35. The molecule has 9 heteroatoms. The average molecular weight is 344 g/mol. The van der Waals surface area contributed by atoms with Gasteiger partial charge in [-0.2, -0.15) is 17.5 Å². The Balaban J connectivity index is 2.53. The van der Waals surface area contributed by atoms with Crippen LogP contribution in [-0.2, 0) is 16.2 Å². The maximum Gasteiger partial charge on any atom is 0.417 e. The van der Waals surface area contributed by atoms with Crippen molar-refractivity contribution in [2.45, 2.75) is 30.0 Å². The van der Waals surface area contributed by atoms with Gasteiger partial charge in [0.15, 0.2) is 0 Å². The van der Waals surface area contributed by atoms with Crippen LogP contribution in [0.15, 0.2) is 23.1 Å². The van der Waals surface area contributed by atoms with Crippen molar-refractivity contribution in [2.24, 2.45) is 0 Å². The zero-order valence-electron chi connectivity index (χ0n) is 10.8. The van der Waals surface area contributed by atoms with E-state index in [2.05, 4.69) is 0 Å². The SMILES string of the molecule is O=S(=O)(c1ccc(Cl)cc1C(F)(F)F)N(CCO)C1CC1. The molecule has 1 aliphatic rings. The second kappa shape index (κ2) is 5.75. The Morgan fingerprint density at radius 3 is 2.43 bits per heavy atom. The van der Waals surface area contributed by atoms with E-state index in [4.69, 9.17) is 16.7 Å². The molecule has 2 rings (SSSR count). The molecule has 1 fully saturated rings. The highest BCUT2D eigenvalue weighted by Crippen LogP contribution is 2.39. The van der Waals surface area contributed by atoms with E-state index in [9.17, 15) is 21.6 Å². The fraction of sp³-hybridized carbons (Fsp3) is 0.500. The van der Waals surface area contributed by atoms with Crippen molar-refractivity contribution in [2.75, 3.05) is 13.2 Å². The molecule has 0 amide bonds. The van der Waals surface area contributed by atoms with E-state index in [0.29, 0.717) is 18.9 Å². The van der Waals surface area contributed by atoms with Crippen molar-refractivity contribution in [3.63, 3.8) is 0 Å². The number of hydrogen-bond acceptors (Lipinski definition) is 3. The van der Waals surface area contributed by atoms with Crippen LogP contribution in [-0.4, -0.2) is 37.0 Å². The van der Waals surface area contributed by atoms with Crippen LogP contribution in [0.3, 0.4) is 0 Å². The zero-order chi connectivity index (χ0) is 15.8. The number of sulfonamides is 1. The van der Waals surface area contributed by atoms with E-state index in [0.717, 1.165) is 16.4 Å². The first-order valence-corrected chi connectivity index (χ1v) is 7.99. The van der Waals surface area contributed by atoms with Crippen LogP contribution in [0.2, 0.25) is 5.02 Å². The molecule has 0 atom stereocenters. The monoisotopic (exact) mass is 343 g/mol. The molecule has 118 valence electrons. The predicted octanol–water partition coefficient (Wildman–Crippen LogP) is 2.50. The molecule has 4 nitrogen and oxygen atoms in total. The van der Waals surface area contributed by atoms with Gasteiger partial charge in [-0.15, -0.1) is 0 Å². The summed E-state index contributed by atoms with van der Waals surface area (Å²) in [6.07, 6.45) is -3.68. The Morgan fingerprint density at radius 1 is 1.33 bits per heavy atom. The van der Waals surface area contributed by atoms with Crippen LogP contribution in [0, 0.1) is 0 Å². The van der Waals surface area contributed by atoms with E-state index in [-0.39, 0.29) is 17.6 Å². The molecule has 21 heavy (non-hydrogen) atoms. The minimum absolute atomic E-state index is 0.193. The fourth-order valence-corrected chi connectivity index (χ4v) is 4.08.